The molecule has 1 aliphatic heterocycles. The first-order chi connectivity index (χ1) is 11.8. The van der Waals surface area contributed by atoms with E-state index in [0.717, 1.165) is 44.0 Å². The monoisotopic (exact) mass is 324 g/mol. The van der Waals surface area contributed by atoms with E-state index in [1.165, 1.54) is 18.4 Å². The minimum Gasteiger partial charge on any atom is -0.343 e. The van der Waals surface area contributed by atoms with E-state index in [9.17, 15) is 4.79 Å². The van der Waals surface area contributed by atoms with Gasteiger partial charge in [-0.2, -0.15) is 5.10 Å². The molecule has 126 valence electrons. The summed E-state index contributed by atoms with van der Waals surface area (Å²) in [6.07, 6.45) is 5.85. The van der Waals surface area contributed by atoms with Gasteiger partial charge in [0.15, 0.2) is 5.82 Å². The molecular formula is C19H24N4O. The molecule has 0 unspecified atom stereocenters. The third-order valence-corrected chi connectivity index (χ3v) is 5.17. The molecule has 0 atom stereocenters. The minimum absolute atomic E-state index is 0.272. The molecule has 1 saturated carbocycles. The summed E-state index contributed by atoms with van der Waals surface area (Å²) < 4.78 is 0. The maximum absolute atomic E-state index is 12.4. The van der Waals surface area contributed by atoms with E-state index in [-0.39, 0.29) is 5.91 Å². The van der Waals surface area contributed by atoms with E-state index in [4.69, 9.17) is 0 Å². The van der Waals surface area contributed by atoms with E-state index >= 15 is 0 Å². The second-order valence-corrected chi connectivity index (χ2v) is 6.99. The zero-order valence-corrected chi connectivity index (χ0v) is 13.9. The van der Waals surface area contributed by atoms with Crippen molar-refractivity contribution in [3.63, 3.8) is 0 Å². The standard InChI is InChI=1S/C19H24N4O/c24-17(9-6-14-4-2-1-3-5-14)23-12-10-16(11-13-23)19-20-18(21-22-19)15-7-8-15/h1-5,15-16H,6-13H2,(H,20,21,22). The number of carbonyl (C=O) groups is 1. The van der Waals surface area contributed by atoms with Gasteiger partial charge in [-0.1, -0.05) is 30.3 Å². The summed E-state index contributed by atoms with van der Waals surface area (Å²) in [5.74, 6) is 3.30. The molecule has 4 rings (SSSR count). The highest BCUT2D eigenvalue weighted by Gasteiger charge is 2.30. The number of piperidine rings is 1. The van der Waals surface area contributed by atoms with Crippen LogP contribution in [-0.4, -0.2) is 39.1 Å². The fourth-order valence-electron chi connectivity index (χ4n) is 3.45. The zero-order chi connectivity index (χ0) is 16.4. The fraction of sp³-hybridized carbons (Fsp3) is 0.526. The smallest absolute Gasteiger partial charge is 0.222 e. The van der Waals surface area contributed by atoms with Crippen molar-refractivity contribution in [3.05, 3.63) is 47.5 Å². The lowest BCUT2D eigenvalue weighted by Crippen LogP contribution is -2.38. The molecule has 1 N–H and O–H groups in total. The van der Waals surface area contributed by atoms with Gasteiger partial charge in [-0.15, -0.1) is 0 Å². The maximum atomic E-state index is 12.4. The highest BCUT2D eigenvalue weighted by molar-refractivity contribution is 5.76. The summed E-state index contributed by atoms with van der Waals surface area (Å²) in [6, 6.07) is 10.2. The summed E-state index contributed by atoms with van der Waals surface area (Å²) >= 11 is 0. The Hall–Kier alpha value is -2.17. The van der Waals surface area contributed by atoms with Crippen LogP contribution in [-0.2, 0) is 11.2 Å². The maximum Gasteiger partial charge on any atom is 0.222 e. The first-order valence-electron chi connectivity index (χ1n) is 9.03. The van der Waals surface area contributed by atoms with Crippen molar-refractivity contribution in [3.8, 4) is 0 Å². The van der Waals surface area contributed by atoms with Crippen LogP contribution in [0.25, 0.3) is 0 Å². The summed E-state index contributed by atoms with van der Waals surface area (Å²) in [5.41, 5.74) is 1.23. The number of aromatic amines is 1. The van der Waals surface area contributed by atoms with Gasteiger partial charge in [-0.3, -0.25) is 9.89 Å². The van der Waals surface area contributed by atoms with E-state index in [1.54, 1.807) is 0 Å². The van der Waals surface area contributed by atoms with Gasteiger partial charge in [0.25, 0.3) is 0 Å². The first-order valence-corrected chi connectivity index (χ1v) is 9.03. The molecule has 1 aliphatic carbocycles. The molecule has 1 saturated heterocycles. The number of aromatic nitrogens is 3. The second kappa shape index (κ2) is 6.75. The Labute approximate surface area is 142 Å². The van der Waals surface area contributed by atoms with E-state index in [1.807, 2.05) is 23.1 Å². The van der Waals surface area contributed by atoms with Crippen molar-refractivity contribution in [2.75, 3.05) is 13.1 Å². The highest BCUT2D eigenvalue weighted by atomic mass is 16.2. The normalized spacial score (nSPS) is 18.8. The van der Waals surface area contributed by atoms with Crippen LogP contribution in [0.1, 0.15) is 61.2 Å². The van der Waals surface area contributed by atoms with Gasteiger partial charge in [-0.25, -0.2) is 4.98 Å². The number of aryl methyl sites for hydroxylation is 1. The van der Waals surface area contributed by atoms with Gasteiger partial charge < -0.3 is 4.90 Å². The Morgan fingerprint density at radius 3 is 2.54 bits per heavy atom. The van der Waals surface area contributed by atoms with Gasteiger partial charge in [-0.05, 0) is 37.7 Å². The predicted octanol–water partition coefficient (Wildman–Crippen LogP) is 3.02. The number of hydrogen-bond donors (Lipinski definition) is 1. The molecule has 5 heteroatoms. The molecule has 24 heavy (non-hydrogen) atoms. The molecule has 2 aromatic rings. The molecule has 2 heterocycles. The molecule has 2 fully saturated rings. The Bertz CT molecular complexity index is 684. The summed E-state index contributed by atoms with van der Waals surface area (Å²) in [4.78, 5) is 19.1. The number of likely N-dealkylation sites (tertiary alicyclic amines) is 1. The van der Waals surface area contributed by atoms with Crippen LogP contribution in [0.2, 0.25) is 0 Å². The Morgan fingerprint density at radius 1 is 1.08 bits per heavy atom. The lowest BCUT2D eigenvalue weighted by molar-refractivity contribution is -0.132. The average Bonchev–Trinajstić information content (AvgIpc) is 3.38. The number of hydrogen-bond acceptors (Lipinski definition) is 3. The Balaban J connectivity index is 1.26. The van der Waals surface area contributed by atoms with E-state index < -0.39 is 0 Å². The molecule has 5 nitrogen and oxygen atoms in total. The molecule has 1 aromatic carbocycles. The lowest BCUT2D eigenvalue weighted by atomic mass is 9.95. The van der Waals surface area contributed by atoms with Gasteiger partial charge in [0.1, 0.15) is 5.82 Å². The lowest BCUT2D eigenvalue weighted by Gasteiger charge is -2.31. The predicted molar refractivity (Wildman–Crippen MR) is 91.7 cm³/mol. The van der Waals surface area contributed by atoms with Gasteiger partial charge in [0, 0.05) is 31.3 Å². The quantitative estimate of drug-likeness (QED) is 0.919. The van der Waals surface area contributed by atoms with Gasteiger partial charge in [0.2, 0.25) is 5.91 Å². The number of H-pyrrole nitrogens is 1. The number of amides is 1. The van der Waals surface area contributed by atoms with E-state index in [2.05, 4.69) is 27.3 Å². The van der Waals surface area contributed by atoms with Crippen LogP contribution in [0.15, 0.2) is 30.3 Å². The average molecular weight is 324 g/mol. The van der Waals surface area contributed by atoms with E-state index in [0.29, 0.717) is 18.3 Å². The Morgan fingerprint density at radius 2 is 1.83 bits per heavy atom. The highest BCUT2D eigenvalue weighted by Crippen LogP contribution is 2.38. The van der Waals surface area contributed by atoms with Gasteiger partial charge >= 0.3 is 0 Å². The number of benzene rings is 1. The van der Waals surface area contributed by atoms with Crippen molar-refractivity contribution >= 4 is 5.91 Å². The SMILES string of the molecule is O=C(CCc1ccccc1)N1CCC(c2nc(C3CC3)n[nH]2)CC1. The molecule has 1 amide bonds. The van der Waals surface area contributed by atoms with Crippen molar-refractivity contribution < 1.29 is 4.79 Å². The topological polar surface area (TPSA) is 61.9 Å². The summed E-state index contributed by atoms with van der Waals surface area (Å²) in [5, 5.41) is 7.48. The third-order valence-electron chi connectivity index (χ3n) is 5.17. The number of nitrogens with one attached hydrogen (secondary N) is 1. The second-order valence-electron chi connectivity index (χ2n) is 6.99. The fourth-order valence-corrected chi connectivity index (χ4v) is 3.45. The third kappa shape index (κ3) is 3.50. The van der Waals surface area contributed by atoms with Crippen LogP contribution in [0.4, 0.5) is 0 Å². The van der Waals surface area contributed by atoms with Crippen LogP contribution in [0.5, 0.6) is 0 Å². The number of carbonyl (C=O) groups excluding carboxylic acids is 1. The largest absolute Gasteiger partial charge is 0.343 e. The first kappa shape index (κ1) is 15.4. The summed E-state index contributed by atoms with van der Waals surface area (Å²) in [7, 11) is 0. The zero-order valence-electron chi connectivity index (χ0n) is 13.9. The number of rotatable bonds is 5. The van der Waals surface area contributed by atoms with Crippen molar-refractivity contribution in [1.82, 2.24) is 20.1 Å². The van der Waals surface area contributed by atoms with Crippen LogP contribution >= 0.6 is 0 Å². The number of nitrogens with zero attached hydrogens (tertiary/aromatic N) is 3. The molecular weight excluding hydrogens is 300 g/mol. The van der Waals surface area contributed by atoms with Crippen molar-refractivity contribution in [2.24, 2.45) is 0 Å². The van der Waals surface area contributed by atoms with Crippen LogP contribution in [0, 0.1) is 0 Å². The summed E-state index contributed by atoms with van der Waals surface area (Å²) in [6.45, 7) is 1.66. The van der Waals surface area contributed by atoms with Gasteiger partial charge in [0.05, 0.1) is 0 Å². The Kier molecular flexibility index (Phi) is 4.32. The molecule has 1 aromatic heterocycles. The van der Waals surface area contributed by atoms with Crippen LogP contribution in [0.3, 0.4) is 0 Å². The molecule has 2 aliphatic rings. The molecule has 0 spiro atoms. The minimum atomic E-state index is 0.272. The van der Waals surface area contributed by atoms with Crippen LogP contribution < -0.4 is 0 Å². The van der Waals surface area contributed by atoms with Crippen molar-refractivity contribution in [1.29, 1.82) is 0 Å². The molecule has 0 bridgehead atoms. The van der Waals surface area contributed by atoms with Crippen molar-refractivity contribution in [2.45, 2.75) is 50.4 Å². The molecule has 0 radical (unpaired) electrons.